The van der Waals surface area contributed by atoms with Gasteiger partial charge < -0.3 is 19.5 Å². The lowest BCUT2D eigenvalue weighted by atomic mass is 10.1. The van der Waals surface area contributed by atoms with E-state index >= 15 is 0 Å². The van der Waals surface area contributed by atoms with Crippen LogP contribution in [-0.2, 0) is 11.0 Å². The molecule has 0 aliphatic carbocycles. The fourth-order valence-corrected chi connectivity index (χ4v) is 4.14. The van der Waals surface area contributed by atoms with Gasteiger partial charge in [0.05, 0.1) is 30.4 Å². The van der Waals surface area contributed by atoms with E-state index in [4.69, 9.17) is 9.47 Å². The first-order valence-electron chi connectivity index (χ1n) is 8.68. The molecule has 0 heterocycles. The minimum absolute atomic E-state index is 0.328. The van der Waals surface area contributed by atoms with E-state index in [0.29, 0.717) is 33.3 Å². The average Bonchev–Trinajstić information content (AvgIpc) is 2.75. The van der Waals surface area contributed by atoms with Gasteiger partial charge in [0.1, 0.15) is 11.0 Å². The van der Waals surface area contributed by atoms with Gasteiger partial charge in [0.15, 0.2) is 11.5 Å². The molecule has 0 radical (unpaired) electrons. The van der Waals surface area contributed by atoms with Crippen molar-refractivity contribution in [1.82, 2.24) is 0 Å². The molecule has 3 aromatic carbocycles. The number of rotatable bonds is 7. The summed E-state index contributed by atoms with van der Waals surface area (Å²) >= 11 is 6.75. The molecule has 9 heteroatoms. The summed E-state index contributed by atoms with van der Waals surface area (Å²) in [5, 5.41) is 2.84. The number of hydrogen-bond donors (Lipinski definition) is 2. The molecular formula is C21H18Br2N2O4S. The van der Waals surface area contributed by atoms with Crippen LogP contribution in [0.15, 0.2) is 74.5 Å². The maximum absolute atomic E-state index is 12.9. The van der Waals surface area contributed by atoms with Gasteiger partial charge in [-0.2, -0.15) is 0 Å². The van der Waals surface area contributed by atoms with E-state index in [2.05, 4.69) is 41.9 Å². The molecule has 1 unspecified atom stereocenters. The summed E-state index contributed by atoms with van der Waals surface area (Å²) in [6.45, 7) is 0. The lowest BCUT2D eigenvalue weighted by Crippen LogP contribution is -2.16. The molecule has 1 amide bonds. The van der Waals surface area contributed by atoms with Crippen LogP contribution in [0, 0.1) is 0 Å². The van der Waals surface area contributed by atoms with Crippen molar-refractivity contribution < 1.29 is 18.5 Å². The van der Waals surface area contributed by atoms with Crippen LogP contribution >= 0.6 is 31.9 Å². The number of carbonyl (C=O) groups is 1. The molecule has 1 atom stereocenters. The van der Waals surface area contributed by atoms with Gasteiger partial charge in [0.2, 0.25) is 0 Å². The number of benzene rings is 3. The molecule has 0 saturated heterocycles. The fourth-order valence-electron chi connectivity index (χ4n) is 2.62. The van der Waals surface area contributed by atoms with Gasteiger partial charge in [-0.3, -0.25) is 4.79 Å². The van der Waals surface area contributed by atoms with Crippen molar-refractivity contribution in [1.29, 1.82) is 0 Å². The average molecular weight is 554 g/mol. The summed E-state index contributed by atoms with van der Waals surface area (Å²) in [5.74, 6) is 0.677. The monoisotopic (exact) mass is 552 g/mol. The third-order valence-corrected chi connectivity index (χ3v) is 6.21. The molecule has 0 saturated carbocycles. The Balaban J connectivity index is 1.85. The topological polar surface area (TPSA) is 76.7 Å². The molecule has 0 aliphatic heterocycles. The highest BCUT2D eigenvalue weighted by molar-refractivity contribution is 9.10. The molecule has 156 valence electrons. The predicted octanol–water partition coefficient (Wildman–Crippen LogP) is 5.62. The zero-order chi connectivity index (χ0) is 21.7. The first-order chi connectivity index (χ1) is 14.4. The maximum atomic E-state index is 12.9. The fraction of sp³-hybridized carbons (Fsp3) is 0.0952. The summed E-state index contributed by atoms with van der Waals surface area (Å²) in [6.07, 6.45) is 0. The molecule has 3 rings (SSSR count). The van der Waals surface area contributed by atoms with Gasteiger partial charge in [0.25, 0.3) is 5.91 Å². The van der Waals surface area contributed by atoms with Crippen molar-refractivity contribution in [2.45, 2.75) is 4.90 Å². The molecular weight excluding hydrogens is 536 g/mol. The largest absolute Gasteiger partial charge is 0.493 e. The van der Waals surface area contributed by atoms with Crippen molar-refractivity contribution in [2.24, 2.45) is 0 Å². The second-order valence-electron chi connectivity index (χ2n) is 6.04. The number of anilines is 2. The first-order valence-corrected chi connectivity index (χ1v) is 11.4. The van der Waals surface area contributed by atoms with Crippen molar-refractivity contribution in [3.05, 3.63) is 75.2 Å². The SMILES string of the molecule is COc1ccc(S(=O)Nc2ccc(Br)cc2C(=O)Nc2ccc(Br)cc2)cc1OC. The molecule has 2 N–H and O–H groups in total. The van der Waals surface area contributed by atoms with E-state index in [1.807, 2.05) is 12.1 Å². The molecule has 6 nitrogen and oxygen atoms in total. The molecule has 0 aliphatic rings. The molecule has 30 heavy (non-hydrogen) atoms. The Bertz CT molecular complexity index is 1090. The lowest BCUT2D eigenvalue weighted by molar-refractivity contribution is 0.102. The van der Waals surface area contributed by atoms with E-state index in [1.165, 1.54) is 14.2 Å². The van der Waals surface area contributed by atoms with Gasteiger partial charge in [-0.15, -0.1) is 0 Å². The van der Waals surface area contributed by atoms with Gasteiger partial charge in [-0.25, -0.2) is 4.21 Å². The molecule has 0 bridgehead atoms. The number of nitrogens with one attached hydrogen (secondary N) is 2. The standard InChI is InChI=1S/C21H18Br2N2O4S/c1-28-19-10-8-16(12-20(19)29-2)30(27)25-18-9-5-14(23)11-17(18)21(26)24-15-6-3-13(22)4-7-15/h3-12,25H,1-2H3,(H,24,26). The number of methoxy groups -OCH3 is 2. The highest BCUT2D eigenvalue weighted by Gasteiger charge is 2.16. The minimum atomic E-state index is -1.63. The lowest BCUT2D eigenvalue weighted by Gasteiger charge is -2.14. The van der Waals surface area contributed by atoms with Crippen molar-refractivity contribution in [2.75, 3.05) is 24.3 Å². The number of halogens is 2. The maximum Gasteiger partial charge on any atom is 0.257 e. The predicted molar refractivity (Wildman–Crippen MR) is 126 cm³/mol. The number of ether oxygens (including phenoxy) is 2. The Morgan fingerprint density at radius 1 is 0.867 bits per heavy atom. The van der Waals surface area contributed by atoms with Crippen molar-refractivity contribution in [3.8, 4) is 11.5 Å². The Morgan fingerprint density at radius 3 is 2.20 bits per heavy atom. The van der Waals surface area contributed by atoms with E-state index in [9.17, 15) is 9.00 Å². The third-order valence-electron chi connectivity index (χ3n) is 4.10. The second-order valence-corrected chi connectivity index (χ2v) is 9.08. The third kappa shape index (κ3) is 5.41. The van der Waals surface area contributed by atoms with Crippen molar-refractivity contribution in [3.63, 3.8) is 0 Å². The highest BCUT2D eigenvalue weighted by Crippen LogP contribution is 2.30. The Kier molecular flexibility index (Phi) is 7.52. The molecule has 0 aromatic heterocycles. The minimum Gasteiger partial charge on any atom is -0.493 e. The van der Waals surface area contributed by atoms with E-state index in [0.717, 1.165) is 8.95 Å². The van der Waals surface area contributed by atoms with Crippen LogP contribution in [0.25, 0.3) is 0 Å². The van der Waals surface area contributed by atoms with E-state index < -0.39 is 11.0 Å². The van der Waals surface area contributed by atoms with Gasteiger partial charge in [-0.05, 0) is 54.6 Å². The molecule has 0 fully saturated rings. The van der Waals surface area contributed by atoms with Crippen LogP contribution in [-0.4, -0.2) is 24.3 Å². The van der Waals surface area contributed by atoms with Gasteiger partial charge in [0, 0.05) is 20.7 Å². The Morgan fingerprint density at radius 2 is 1.53 bits per heavy atom. The number of carbonyl (C=O) groups excluding carboxylic acids is 1. The summed E-state index contributed by atoms with van der Waals surface area (Å²) < 4.78 is 27.9. The van der Waals surface area contributed by atoms with Crippen LogP contribution in [0.5, 0.6) is 11.5 Å². The summed E-state index contributed by atoms with van der Waals surface area (Å²) in [5.41, 5.74) is 1.43. The van der Waals surface area contributed by atoms with Gasteiger partial charge in [-0.1, -0.05) is 31.9 Å². The van der Waals surface area contributed by atoms with Crippen LogP contribution in [0.4, 0.5) is 11.4 Å². The summed E-state index contributed by atoms with van der Waals surface area (Å²) in [6, 6.07) is 17.4. The van der Waals surface area contributed by atoms with E-state index in [1.54, 1.807) is 48.5 Å². The number of hydrogen-bond acceptors (Lipinski definition) is 4. The zero-order valence-electron chi connectivity index (χ0n) is 16.1. The van der Waals surface area contributed by atoms with Crippen LogP contribution < -0.4 is 19.5 Å². The van der Waals surface area contributed by atoms with Crippen LogP contribution in [0.2, 0.25) is 0 Å². The second kappa shape index (κ2) is 10.1. The van der Waals surface area contributed by atoms with Crippen LogP contribution in [0.3, 0.4) is 0 Å². The van der Waals surface area contributed by atoms with Gasteiger partial charge >= 0.3 is 0 Å². The number of amides is 1. The van der Waals surface area contributed by atoms with Crippen LogP contribution in [0.1, 0.15) is 10.4 Å². The normalized spacial score (nSPS) is 11.5. The Hall–Kier alpha value is -2.36. The Labute approximate surface area is 193 Å². The smallest absolute Gasteiger partial charge is 0.257 e. The summed E-state index contributed by atoms with van der Waals surface area (Å²) in [4.78, 5) is 13.3. The van der Waals surface area contributed by atoms with Crippen molar-refractivity contribution >= 4 is 60.1 Å². The quantitative estimate of drug-likeness (QED) is 0.398. The molecule has 0 spiro atoms. The molecule has 3 aromatic rings. The summed E-state index contributed by atoms with van der Waals surface area (Å²) in [7, 11) is 1.42. The van der Waals surface area contributed by atoms with E-state index in [-0.39, 0.29) is 5.91 Å². The zero-order valence-corrected chi connectivity index (χ0v) is 20.1. The first kappa shape index (κ1) is 22.3. The highest BCUT2D eigenvalue weighted by atomic mass is 79.9.